The summed E-state index contributed by atoms with van der Waals surface area (Å²) in [4.78, 5) is 13.5. The van der Waals surface area contributed by atoms with E-state index in [9.17, 15) is 13.2 Å². The Morgan fingerprint density at radius 2 is 1.70 bits per heavy atom. The van der Waals surface area contributed by atoms with Crippen LogP contribution in [0.2, 0.25) is 0 Å². The fourth-order valence-corrected chi connectivity index (χ4v) is 5.29. The number of amides is 1. The van der Waals surface area contributed by atoms with E-state index in [0.717, 1.165) is 21.3 Å². The molecule has 1 heterocycles. The van der Waals surface area contributed by atoms with E-state index in [2.05, 4.69) is 5.32 Å². The van der Waals surface area contributed by atoms with Gasteiger partial charge in [-0.1, -0.05) is 30.3 Å². The Morgan fingerprint density at radius 1 is 0.933 bits per heavy atom. The zero-order valence-electron chi connectivity index (χ0n) is 16.5. The lowest BCUT2D eigenvalue weighted by Gasteiger charge is -2.19. The summed E-state index contributed by atoms with van der Waals surface area (Å²) in [5.41, 5.74) is 2.35. The first-order chi connectivity index (χ1) is 14.3. The number of sulfonamides is 1. The van der Waals surface area contributed by atoms with Crippen LogP contribution >= 0.6 is 11.3 Å². The van der Waals surface area contributed by atoms with Crippen molar-refractivity contribution in [1.29, 1.82) is 0 Å². The fourth-order valence-electron chi connectivity index (χ4n) is 3.14. The smallest absolute Gasteiger partial charge is 0.265 e. The number of hydrogen-bond donors (Lipinski definition) is 1. The highest BCUT2D eigenvalue weighted by atomic mass is 32.2. The molecular weight excluding hydrogens is 416 g/mol. The summed E-state index contributed by atoms with van der Waals surface area (Å²) < 4.78 is 27.9. The Labute approximate surface area is 179 Å². The maximum atomic E-state index is 12.9. The predicted octanol–water partition coefficient (Wildman–Crippen LogP) is 5.29. The number of carbonyl (C=O) groups is 1. The minimum absolute atomic E-state index is 0.186. The van der Waals surface area contributed by atoms with Crippen LogP contribution in [0.4, 0.5) is 11.4 Å². The van der Waals surface area contributed by atoms with Gasteiger partial charge in [-0.3, -0.25) is 9.10 Å². The van der Waals surface area contributed by atoms with Crippen LogP contribution in [0.15, 0.2) is 83.8 Å². The van der Waals surface area contributed by atoms with Gasteiger partial charge in [-0.05, 0) is 66.4 Å². The van der Waals surface area contributed by atoms with Gasteiger partial charge in [0.25, 0.3) is 15.9 Å². The van der Waals surface area contributed by atoms with Crippen LogP contribution in [0.25, 0.3) is 10.1 Å². The third-order valence-corrected chi connectivity index (χ3v) is 7.68. The van der Waals surface area contributed by atoms with E-state index in [-0.39, 0.29) is 10.8 Å². The van der Waals surface area contributed by atoms with Crippen LogP contribution in [0.3, 0.4) is 0 Å². The van der Waals surface area contributed by atoms with Gasteiger partial charge in [-0.2, -0.15) is 0 Å². The lowest BCUT2D eigenvalue weighted by molar-refractivity contribution is 0.103. The van der Waals surface area contributed by atoms with E-state index < -0.39 is 10.0 Å². The molecule has 1 aromatic heterocycles. The molecule has 0 fully saturated rings. The quantitative estimate of drug-likeness (QED) is 0.462. The molecule has 0 saturated heterocycles. The number of nitrogens with one attached hydrogen (secondary N) is 1. The van der Waals surface area contributed by atoms with Gasteiger partial charge in [0.1, 0.15) is 0 Å². The average molecular weight is 437 g/mol. The molecule has 30 heavy (non-hydrogen) atoms. The van der Waals surface area contributed by atoms with Crippen molar-refractivity contribution < 1.29 is 13.2 Å². The molecule has 0 spiro atoms. The first-order valence-corrected chi connectivity index (χ1v) is 11.6. The molecule has 0 atom stereocenters. The van der Waals surface area contributed by atoms with E-state index in [1.165, 1.54) is 22.7 Å². The molecular formula is C23H20N2O3S2. The molecule has 7 heteroatoms. The van der Waals surface area contributed by atoms with Crippen LogP contribution in [0, 0.1) is 6.92 Å². The van der Waals surface area contributed by atoms with Crippen LogP contribution in [-0.4, -0.2) is 21.4 Å². The van der Waals surface area contributed by atoms with Crippen molar-refractivity contribution in [1.82, 2.24) is 0 Å². The van der Waals surface area contributed by atoms with Crippen LogP contribution in [0.5, 0.6) is 0 Å². The van der Waals surface area contributed by atoms with Crippen molar-refractivity contribution >= 4 is 48.7 Å². The van der Waals surface area contributed by atoms with E-state index in [4.69, 9.17) is 0 Å². The molecule has 0 aliphatic rings. The van der Waals surface area contributed by atoms with Crippen LogP contribution in [-0.2, 0) is 10.0 Å². The van der Waals surface area contributed by atoms with Gasteiger partial charge in [-0.15, -0.1) is 11.3 Å². The molecule has 3 aromatic carbocycles. The normalized spacial score (nSPS) is 11.4. The third kappa shape index (κ3) is 3.94. The molecule has 0 unspecified atom stereocenters. The first-order valence-electron chi connectivity index (χ1n) is 9.30. The lowest BCUT2D eigenvalue weighted by Crippen LogP contribution is -2.26. The van der Waals surface area contributed by atoms with E-state index in [0.29, 0.717) is 10.6 Å². The average Bonchev–Trinajstić information content (AvgIpc) is 3.17. The summed E-state index contributed by atoms with van der Waals surface area (Å²) in [6.45, 7) is 1.97. The minimum atomic E-state index is -3.66. The maximum absolute atomic E-state index is 12.9. The summed E-state index contributed by atoms with van der Waals surface area (Å²) in [7, 11) is -2.13. The lowest BCUT2D eigenvalue weighted by atomic mass is 10.2. The zero-order valence-corrected chi connectivity index (χ0v) is 18.1. The number of hydrogen-bond acceptors (Lipinski definition) is 4. The van der Waals surface area contributed by atoms with Crippen molar-refractivity contribution in [3.63, 3.8) is 0 Å². The second-order valence-corrected chi connectivity index (χ2v) is 10.00. The van der Waals surface area contributed by atoms with Gasteiger partial charge < -0.3 is 5.32 Å². The summed E-state index contributed by atoms with van der Waals surface area (Å²) >= 11 is 1.37. The highest BCUT2D eigenvalue weighted by Crippen LogP contribution is 2.31. The van der Waals surface area contributed by atoms with Gasteiger partial charge >= 0.3 is 0 Å². The number of fused-ring (bicyclic) bond motifs is 1. The zero-order chi connectivity index (χ0) is 21.3. The number of rotatable bonds is 5. The standard InChI is InChI=1S/C23H20N2O3S2/c1-16-7-6-8-18(13-16)24-23(26)22-15-17-14-19(11-12-21(17)29-22)25(2)30(27,28)20-9-4-3-5-10-20/h3-15H,1-2H3,(H,24,26). The maximum Gasteiger partial charge on any atom is 0.265 e. The number of anilines is 2. The molecule has 4 aromatic rings. The minimum Gasteiger partial charge on any atom is -0.321 e. The molecule has 4 rings (SSSR count). The predicted molar refractivity (Wildman–Crippen MR) is 123 cm³/mol. The number of thiophene rings is 1. The first kappa shape index (κ1) is 20.1. The second kappa shape index (κ2) is 7.93. The van der Waals surface area contributed by atoms with Crippen molar-refractivity contribution in [3.8, 4) is 0 Å². The summed E-state index contributed by atoms with van der Waals surface area (Å²) in [6, 6.07) is 23.1. The Balaban J connectivity index is 1.62. The van der Waals surface area contributed by atoms with E-state index in [1.807, 2.05) is 37.3 Å². The van der Waals surface area contributed by atoms with Gasteiger partial charge in [0, 0.05) is 17.4 Å². The number of carbonyl (C=O) groups excluding carboxylic acids is 1. The monoisotopic (exact) mass is 436 g/mol. The Kier molecular flexibility index (Phi) is 5.32. The number of benzene rings is 3. The van der Waals surface area contributed by atoms with Gasteiger partial charge in [0.2, 0.25) is 0 Å². The topological polar surface area (TPSA) is 66.5 Å². The third-order valence-electron chi connectivity index (χ3n) is 4.76. The van der Waals surface area contributed by atoms with Crippen molar-refractivity contribution in [3.05, 3.63) is 89.3 Å². The number of aryl methyl sites for hydroxylation is 1. The molecule has 0 aliphatic carbocycles. The Morgan fingerprint density at radius 3 is 2.43 bits per heavy atom. The molecule has 0 bridgehead atoms. The van der Waals surface area contributed by atoms with Gasteiger partial charge in [-0.25, -0.2) is 8.42 Å². The molecule has 5 nitrogen and oxygen atoms in total. The molecule has 0 aliphatic heterocycles. The molecule has 1 N–H and O–H groups in total. The molecule has 152 valence electrons. The second-order valence-electron chi connectivity index (χ2n) is 6.94. The fraction of sp³-hybridized carbons (Fsp3) is 0.0870. The largest absolute Gasteiger partial charge is 0.321 e. The molecule has 0 radical (unpaired) electrons. The highest BCUT2D eigenvalue weighted by molar-refractivity contribution is 7.92. The Hall–Kier alpha value is -3.16. The van der Waals surface area contributed by atoms with Crippen molar-refractivity contribution in [2.24, 2.45) is 0 Å². The van der Waals surface area contributed by atoms with Gasteiger partial charge in [0.05, 0.1) is 15.5 Å². The van der Waals surface area contributed by atoms with E-state index in [1.54, 1.807) is 48.5 Å². The summed E-state index contributed by atoms with van der Waals surface area (Å²) in [5.74, 6) is -0.186. The van der Waals surface area contributed by atoms with Crippen molar-refractivity contribution in [2.75, 3.05) is 16.7 Å². The van der Waals surface area contributed by atoms with Crippen LogP contribution < -0.4 is 9.62 Å². The Bertz CT molecular complexity index is 1330. The SMILES string of the molecule is Cc1cccc(NC(=O)c2cc3cc(N(C)S(=O)(=O)c4ccccc4)ccc3s2)c1. The van der Waals surface area contributed by atoms with Crippen molar-refractivity contribution in [2.45, 2.75) is 11.8 Å². The van der Waals surface area contributed by atoms with Crippen LogP contribution in [0.1, 0.15) is 15.2 Å². The number of nitrogens with zero attached hydrogens (tertiary/aromatic N) is 1. The van der Waals surface area contributed by atoms with E-state index >= 15 is 0 Å². The molecule has 0 saturated carbocycles. The summed E-state index contributed by atoms with van der Waals surface area (Å²) in [5, 5.41) is 3.73. The van der Waals surface area contributed by atoms with Gasteiger partial charge in [0.15, 0.2) is 0 Å². The summed E-state index contributed by atoms with van der Waals surface area (Å²) in [6.07, 6.45) is 0. The molecule has 1 amide bonds. The highest BCUT2D eigenvalue weighted by Gasteiger charge is 2.21.